The molecule has 0 heterocycles. The van der Waals surface area contributed by atoms with Crippen molar-refractivity contribution in [1.29, 1.82) is 0 Å². The highest BCUT2D eigenvalue weighted by atomic mass is 16.5. The molecule has 1 nitrogen and oxygen atoms in total. The van der Waals surface area contributed by atoms with Crippen LogP contribution in [0.25, 0.3) is 0 Å². The molecule has 1 heteroatoms. The summed E-state index contributed by atoms with van der Waals surface area (Å²) in [7, 11) is 0. The van der Waals surface area contributed by atoms with E-state index in [4.69, 9.17) is 4.74 Å². The number of unbranched alkanes of at least 4 members (excludes halogenated alkanes) is 1. The van der Waals surface area contributed by atoms with Gasteiger partial charge in [-0.25, -0.2) is 0 Å². The van der Waals surface area contributed by atoms with Crippen LogP contribution in [0.2, 0.25) is 0 Å². The minimum Gasteiger partial charge on any atom is -0.494 e. The van der Waals surface area contributed by atoms with E-state index in [2.05, 4.69) is 30.9 Å². The number of ether oxygens (including phenoxy) is 1. The van der Waals surface area contributed by atoms with Crippen molar-refractivity contribution in [2.24, 2.45) is 23.7 Å². The van der Waals surface area contributed by atoms with Crippen molar-refractivity contribution in [1.82, 2.24) is 0 Å². The lowest BCUT2D eigenvalue weighted by molar-refractivity contribution is 0.220. The Bertz CT molecular complexity index is 688. The van der Waals surface area contributed by atoms with Gasteiger partial charge in [0.2, 0.25) is 0 Å². The van der Waals surface area contributed by atoms with Gasteiger partial charge >= 0.3 is 0 Å². The van der Waals surface area contributed by atoms with Crippen molar-refractivity contribution < 1.29 is 4.74 Å². The van der Waals surface area contributed by atoms with E-state index in [9.17, 15) is 0 Å². The molecule has 0 atom stereocenters. The standard InChI is InChI=1S/C30H44O/c1-3-5-8-25-11-15-28(16-12-25)19-20-29-17-13-26(14-18-29)9-6-7-10-27-21-23-30(24-22-27)31-4-2/h6,9,21-26,28-29H,3-5,8,11-20H2,1-2H3/b9-6+/t25-,26?,28-,29?. The predicted molar refractivity (Wildman–Crippen MR) is 133 cm³/mol. The summed E-state index contributed by atoms with van der Waals surface area (Å²) in [5.41, 5.74) is 1.05. The third-order valence-electron chi connectivity index (χ3n) is 7.64. The van der Waals surface area contributed by atoms with Crippen molar-refractivity contribution in [2.45, 2.75) is 97.3 Å². The van der Waals surface area contributed by atoms with Crippen LogP contribution in [0, 0.1) is 35.5 Å². The summed E-state index contributed by atoms with van der Waals surface area (Å²) in [5, 5.41) is 0. The number of rotatable bonds is 9. The lowest BCUT2D eigenvalue weighted by Crippen LogP contribution is -2.17. The quantitative estimate of drug-likeness (QED) is 0.363. The van der Waals surface area contributed by atoms with Crippen LogP contribution in [0.1, 0.15) is 103 Å². The Morgan fingerprint density at radius 1 is 0.806 bits per heavy atom. The van der Waals surface area contributed by atoms with E-state index in [0.29, 0.717) is 6.61 Å². The molecule has 0 saturated heterocycles. The zero-order valence-electron chi connectivity index (χ0n) is 20.1. The molecular formula is C30H44O. The van der Waals surface area contributed by atoms with Crippen LogP contribution in [-0.2, 0) is 0 Å². The van der Waals surface area contributed by atoms with Gasteiger partial charge in [0.15, 0.2) is 0 Å². The second-order valence-electron chi connectivity index (χ2n) is 9.97. The third kappa shape index (κ3) is 8.76. The Morgan fingerprint density at radius 3 is 1.97 bits per heavy atom. The smallest absolute Gasteiger partial charge is 0.119 e. The first-order valence-corrected chi connectivity index (χ1v) is 13.2. The van der Waals surface area contributed by atoms with E-state index >= 15 is 0 Å². The van der Waals surface area contributed by atoms with Crippen LogP contribution in [0.3, 0.4) is 0 Å². The van der Waals surface area contributed by atoms with Crippen molar-refractivity contribution in [3.05, 3.63) is 42.0 Å². The van der Waals surface area contributed by atoms with E-state index in [-0.39, 0.29) is 0 Å². The first-order chi connectivity index (χ1) is 15.3. The molecule has 2 aliphatic carbocycles. The molecule has 0 aromatic heterocycles. The van der Waals surface area contributed by atoms with Gasteiger partial charge in [-0.05, 0) is 86.6 Å². The van der Waals surface area contributed by atoms with Crippen LogP contribution in [0.4, 0.5) is 0 Å². The highest BCUT2D eigenvalue weighted by Crippen LogP contribution is 2.37. The van der Waals surface area contributed by atoms with Gasteiger partial charge in [-0.1, -0.05) is 82.6 Å². The van der Waals surface area contributed by atoms with Crippen molar-refractivity contribution in [3.8, 4) is 17.6 Å². The summed E-state index contributed by atoms with van der Waals surface area (Å²) < 4.78 is 5.48. The molecule has 2 aliphatic rings. The first kappa shape index (κ1) is 24.0. The van der Waals surface area contributed by atoms with Crippen LogP contribution in [0.5, 0.6) is 5.75 Å². The summed E-state index contributed by atoms with van der Waals surface area (Å²) in [4.78, 5) is 0. The highest BCUT2D eigenvalue weighted by Gasteiger charge is 2.23. The molecule has 3 rings (SSSR count). The number of benzene rings is 1. The molecule has 1 aromatic rings. The zero-order valence-corrected chi connectivity index (χ0v) is 20.1. The van der Waals surface area contributed by atoms with Gasteiger partial charge in [-0.15, -0.1) is 0 Å². The fraction of sp³-hybridized carbons (Fsp3) is 0.667. The summed E-state index contributed by atoms with van der Waals surface area (Å²) >= 11 is 0. The molecule has 1 aromatic carbocycles. The molecule has 0 radical (unpaired) electrons. The summed E-state index contributed by atoms with van der Waals surface area (Å²) in [5.74, 6) is 11.2. The van der Waals surface area contributed by atoms with Gasteiger partial charge in [0.05, 0.1) is 6.61 Å². The SMILES string of the molecule is CCCC[C@H]1CC[C@H](CCC2CCC(/C=C/C#Cc3ccc(OCC)cc3)CC2)CC1. The third-order valence-corrected chi connectivity index (χ3v) is 7.64. The number of allylic oxidation sites excluding steroid dienone is 2. The lowest BCUT2D eigenvalue weighted by Gasteiger charge is -2.31. The maximum atomic E-state index is 5.48. The largest absolute Gasteiger partial charge is 0.494 e. The van der Waals surface area contributed by atoms with Crippen molar-refractivity contribution >= 4 is 0 Å². The molecule has 2 fully saturated rings. The van der Waals surface area contributed by atoms with E-state index in [0.717, 1.165) is 35.0 Å². The minimum absolute atomic E-state index is 0.704. The van der Waals surface area contributed by atoms with Gasteiger partial charge in [0.1, 0.15) is 5.75 Å². The van der Waals surface area contributed by atoms with Gasteiger partial charge in [-0.2, -0.15) is 0 Å². The lowest BCUT2D eigenvalue weighted by atomic mass is 9.75. The van der Waals surface area contributed by atoms with E-state index in [1.807, 2.05) is 31.2 Å². The van der Waals surface area contributed by atoms with Crippen molar-refractivity contribution in [3.63, 3.8) is 0 Å². The molecule has 0 aliphatic heterocycles. The van der Waals surface area contributed by atoms with Crippen molar-refractivity contribution in [2.75, 3.05) is 6.61 Å². The maximum absolute atomic E-state index is 5.48. The number of hydrogen-bond donors (Lipinski definition) is 0. The molecular weight excluding hydrogens is 376 g/mol. The Morgan fingerprint density at radius 2 is 1.39 bits per heavy atom. The molecule has 170 valence electrons. The predicted octanol–water partition coefficient (Wildman–Crippen LogP) is 8.58. The molecule has 0 bridgehead atoms. The highest BCUT2D eigenvalue weighted by molar-refractivity contribution is 5.40. The van der Waals surface area contributed by atoms with Gasteiger partial charge in [0.25, 0.3) is 0 Å². The van der Waals surface area contributed by atoms with E-state index in [1.165, 1.54) is 83.5 Å². The summed E-state index contributed by atoms with van der Waals surface area (Å²) in [6.45, 7) is 5.04. The molecule has 0 spiro atoms. The average molecular weight is 421 g/mol. The number of hydrogen-bond acceptors (Lipinski definition) is 1. The van der Waals surface area contributed by atoms with Gasteiger partial charge in [0, 0.05) is 5.56 Å². The van der Waals surface area contributed by atoms with Crippen LogP contribution >= 0.6 is 0 Å². The maximum Gasteiger partial charge on any atom is 0.119 e. The molecule has 0 amide bonds. The second-order valence-corrected chi connectivity index (χ2v) is 9.97. The molecule has 2 saturated carbocycles. The Kier molecular flexibility index (Phi) is 10.6. The minimum atomic E-state index is 0.704. The topological polar surface area (TPSA) is 9.23 Å². The van der Waals surface area contributed by atoms with Gasteiger partial charge < -0.3 is 4.74 Å². The Labute approximate surface area is 192 Å². The van der Waals surface area contributed by atoms with Crippen LogP contribution in [-0.4, -0.2) is 6.61 Å². The van der Waals surface area contributed by atoms with Gasteiger partial charge in [-0.3, -0.25) is 0 Å². The fourth-order valence-corrected chi connectivity index (χ4v) is 5.55. The Hall–Kier alpha value is -1.68. The monoisotopic (exact) mass is 420 g/mol. The summed E-state index contributed by atoms with van der Waals surface area (Å²) in [6.07, 6.45) is 23.3. The second kappa shape index (κ2) is 13.7. The van der Waals surface area contributed by atoms with Crippen LogP contribution < -0.4 is 4.74 Å². The zero-order chi connectivity index (χ0) is 21.7. The fourth-order valence-electron chi connectivity index (χ4n) is 5.55. The molecule has 31 heavy (non-hydrogen) atoms. The van der Waals surface area contributed by atoms with Crippen LogP contribution in [0.15, 0.2) is 36.4 Å². The Balaban J connectivity index is 1.29. The summed E-state index contributed by atoms with van der Waals surface area (Å²) in [6, 6.07) is 8.07. The van der Waals surface area contributed by atoms with E-state index in [1.54, 1.807) is 0 Å². The molecule has 0 N–H and O–H groups in total. The first-order valence-electron chi connectivity index (χ1n) is 13.2. The molecule has 0 unspecified atom stereocenters. The average Bonchev–Trinajstić information content (AvgIpc) is 2.82. The normalized spacial score (nSPS) is 26.4. The van der Waals surface area contributed by atoms with E-state index < -0.39 is 0 Å².